The lowest BCUT2D eigenvalue weighted by atomic mass is 10.8. The second-order valence-electron chi connectivity index (χ2n) is 0.640. The van der Waals surface area contributed by atoms with Crippen LogP contribution in [0.1, 0.15) is 0 Å². The van der Waals surface area contributed by atoms with Gasteiger partial charge >= 0.3 is 0 Å². The number of hydrogen-bond donors (Lipinski definition) is 1. The minimum Gasteiger partial charge on any atom is -0.357 e. The Hall–Kier alpha value is -0.150. The third-order valence-electron chi connectivity index (χ3n) is 0.187. The predicted molar refractivity (Wildman–Crippen MR) is 18.0 cm³/mol. The van der Waals surface area contributed by atoms with E-state index in [1.165, 1.54) is 0 Å². The van der Waals surface area contributed by atoms with Crippen LogP contribution in [0.25, 0.3) is 0 Å². The Morgan fingerprint density at radius 3 is 2.17 bits per heavy atom. The first-order chi connectivity index (χ1) is 2.64. The van der Waals surface area contributed by atoms with Crippen molar-refractivity contribution in [3.63, 3.8) is 0 Å². The van der Waals surface area contributed by atoms with Crippen LogP contribution in [0.15, 0.2) is 0 Å². The molecule has 36 valence electrons. The summed E-state index contributed by atoms with van der Waals surface area (Å²) in [6, 6.07) is 0. The molecule has 0 aliphatic heterocycles. The van der Waals surface area contributed by atoms with Gasteiger partial charge in [-0.3, -0.25) is 4.79 Å². The quantitative estimate of drug-likeness (QED) is 0.487. The van der Waals surface area contributed by atoms with Gasteiger partial charge in [0.1, 0.15) is 0 Å². The molecule has 0 rings (SSSR count). The maximum Gasteiger partial charge on any atom is 0.283 e. The molecule has 0 saturated heterocycles. The van der Waals surface area contributed by atoms with E-state index in [-0.39, 0.29) is 0 Å². The van der Waals surface area contributed by atoms with Gasteiger partial charge in [-0.2, -0.15) is 0 Å². The summed E-state index contributed by atoms with van der Waals surface area (Å²) >= 11 is 4.35. The number of aliphatic hydroxyl groups excluding tert-OH is 1. The van der Waals surface area contributed by atoms with Crippen molar-refractivity contribution in [3.8, 4) is 0 Å². The standard InChI is InChI=1S/C2H2ClFO2/c3-1(5)2(4)6/h2,6H. The third kappa shape index (κ3) is 2.11. The Morgan fingerprint density at radius 1 is 2.00 bits per heavy atom. The lowest BCUT2D eigenvalue weighted by Gasteiger charge is -1.83. The zero-order chi connectivity index (χ0) is 5.15. The van der Waals surface area contributed by atoms with Gasteiger partial charge in [0.05, 0.1) is 0 Å². The van der Waals surface area contributed by atoms with E-state index in [1.807, 2.05) is 0 Å². The number of carbonyl (C=O) groups excluding carboxylic acids is 1. The van der Waals surface area contributed by atoms with Crippen molar-refractivity contribution >= 4 is 16.8 Å². The molecule has 0 aromatic rings. The number of rotatable bonds is 1. The lowest BCUT2D eigenvalue weighted by molar-refractivity contribution is -0.126. The Kier molecular flexibility index (Phi) is 2.05. The highest BCUT2D eigenvalue weighted by molar-refractivity contribution is 6.64. The smallest absolute Gasteiger partial charge is 0.283 e. The molecule has 2 nitrogen and oxygen atoms in total. The molecule has 4 heteroatoms. The van der Waals surface area contributed by atoms with E-state index in [9.17, 15) is 9.18 Å². The van der Waals surface area contributed by atoms with Gasteiger partial charge in [0.25, 0.3) is 11.6 Å². The van der Waals surface area contributed by atoms with Crippen LogP contribution in [-0.2, 0) is 4.79 Å². The van der Waals surface area contributed by atoms with E-state index in [1.54, 1.807) is 0 Å². The van der Waals surface area contributed by atoms with E-state index >= 15 is 0 Å². The van der Waals surface area contributed by atoms with Crippen molar-refractivity contribution < 1.29 is 14.3 Å². The van der Waals surface area contributed by atoms with Crippen molar-refractivity contribution in [1.29, 1.82) is 0 Å². The molecule has 1 atom stereocenters. The van der Waals surface area contributed by atoms with Gasteiger partial charge in [-0.05, 0) is 11.6 Å². The summed E-state index contributed by atoms with van der Waals surface area (Å²) in [5.41, 5.74) is 0. The minimum absolute atomic E-state index is 1.38. The van der Waals surface area contributed by atoms with E-state index < -0.39 is 11.6 Å². The fraction of sp³-hybridized carbons (Fsp3) is 0.500. The van der Waals surface area contributed by atoms with Crippen LogP contribution in [0, 0.1) is 0 Å². The van der Waals surface area contributed by atoms with Crippen LogP contribution in [0.5, 0.6) is 0 Å². The zero-order valence-corrected chi connectivity index (χ0v) is 3.44. The summed E-state index contributed by atoms with van der Waals surface area (Å²) in [4.78, 5) is 9.28. The van der Waals surface area contributed by atoms with Gasteiger partial charge in [0.15, 0.2) is 0 Å². The van der Waals surface area contributed by atoms with Crippen LogP contribution < -0.4 is 0 Å². The molecule has 0 saturated carbocycles. The molecule has 0 aliphatic carbocycles. The molecule has 6 heavy (non-hydrogen) atoms. The number of halogens is 2. The normalized spacial score (nSPS) is 13.8. The number of aliphatic hydroxyl groups is 1. The molecule has 0 aromatic heterocycles. The van der Waals surface area contributed by atoms with E-state index in [0.29, 0.717) is 0 Å². The van der Waals surface area contributed by atoms with Gasteiger partial charge in [-0.25, -0.2) is 4.39 Å². The molecule has 0 heterocycles. The Labute approximate surface area is 38.5 Å². The molecule has 1 unspecified atom stereocenters. The highest BCUT2D eigenvalue weighted by Gasteiger charge is 2.06. The maximum absolute atomic E-state index is 10.9. The molecule has 0 radical (unpaired) electrons. The highest BCUT2D eigenvalue weighted by Crippen LogP contribution is 1.88. The molecule has 0 fully saturated rings. The Balaban J connectivity index is 3.26. The van der Waals surface area contributed by atoms with Gasteiger partial charge in [0, 0.05) is 0 Å². The van der Waals surface area contributed by atoms with Crippen LogP contribution in [0.3, 0.4) is 0 Å². The van der Waals surface area contributed by atoms with Crippen molar-refractivity contribution in [1.82, 2.24) is 0 Å². The molecule has 0 aliphatic rings. The first-order valence-corrected chi connectivity index (χ1v) is 1.54. The molecule has 0 amide bonds. The summed E-state index contributed by atoms with van der Waals surface area (Å²) in [5, 5.41) is 6.10. The first kappa shape index (κ1) is 5.85. The summed E-state index contributed by atoms with van der Waals surface area (Å²) in [7, 11) is 0. The second-order valence-corrected chi connectivity index (χ2v) is 1.01. The topological polar surface area (TPSA) is 37.3 Å². The fourth-order valence-corrected chi connectivity index (χ4v) is 0. The van der Waals surface area contributed by atoms with Gasteiger partial charge < -0.3 is 5.11 Å². The average Bonchev–Trinajstić information content (AvgIpc) is 1.36. The van der Waals surface area contributed by atoms with Crippen LogP contribution >= 0.6 is 11.6 Å². The number of alkyl halides is 1. The molecular formula is C2H2ClFO2. The molecule has 0 bridgehead atoms. The largest absolute Gasteiger partial charge is 0.357 e. The van der Waals surface area contributed by atoms with Crippen LogP contribution in [0.4, 0.5) is 4.39 Å². The van der Waals surface area contributed by atoms with Crippen molar-refractivity contribution in [2.24, 2.45) is 0 Å². The monoisotopic (exact) mass is 112 g/mol. The predicted octanol–water partition coefficient (Wildman–Crippen LogP) is 0.0397. The lowest BCUT2D eigenvalue weighted by Crippen LogP contribution is -2.05. The molecule has 0 aromatic carbocycles. The molecule has 0 spiro atoms. The third-order valence-corrected chi connectivity index (χ3v) is 0.367. The van der Waals surface area contributed by atoms with Gasteiger partial charge in [-0.15, -0.1) is 0 Å². The number of hydrogen-bond acceptors (Lipinski definition) is 2. The summed E-state index contributed by atoms with van der Waals surface area (Å²) in [6.45, 7) is 0. The Morgan fingerprint density at radius 2 is 2.17 bits per heavy atom. The van der Waals surface area contributed by atoms with Crippen molar-refractivity contribution in [3.05, 3.63) is 0 Å². The molecule has 1 N–H and O–H groups in total. The first-order valence-electron chi connectivity index (χ1n) is 1.16. The van der Waals surface area contributed by atoms with Crippen molar-refractivity contribution in [2.45, 2.75) is 6.36 Å². The van der Waals surface area contributed by atoms with Gasteiger partial charge in [0.2, 0.25) is 0 Å². The van der Waals surface area contributed by atoms with Crippen LogP contribution in [0.2, 0.25) is 0 Å². The zero-order valence-electron chi connectivity index (χ0n) is 2.69. The van der Waals surface area contributed by atoms with E-state index in [2.05, 4.69) is 11.6 Å². The summed E-state index contributed by atoms with van der Waals surface area (Å²) in [5.74, 6) is 0. The number of carbonyl (C=O) groups is 1. The van der Waals surface area contributed by atoms with Crippen LogP contribution in [-0.4, -0.2) is 16.7 Å². The Bertz CT molecular complexity index is 62.6. The minimum atomic E-state index is -2.52. The van der Waals surface area contributed by atoms with E-state index in [4.69, 9.17) is 5.11 Å². The average molecular weight is 112 g/mol. The molecular weight excluding hydrogens is 110 g/mol. The second kappa shape index (κ2) is 2.10. The maximum atomic E-state index is 10.9. The fourth-order valence-electron chi connectivity index (χ4n) is 0. The SMILES string of the molecule is O=C(Cl)C(O)F. The van der Waals surface area contributed by atoms with Crippen molar-refractivity contribution in [2.75, 3.05) is 0 Å². The van der Waals surface area contributed by atoms with Gasteiger partial charge in [-0.1, -0.05) is 0 Å². The van der Waals surface area contributed by atoms with E-state index in [0.717, 1.165) is 0 Å². The summed E-state index contributed by atoms with van der Waals surface area (Å²) in [6.07, 6.45) is -2.52. The summed E-state index contributed by atoms with van der Waals surface area (Å²) < 4.78 is 10.9. The highest BCUT2D eigenvalue weighted by atomic mass is 35.5.